The predicted molar refractivity (Wildman–Crippen MR) is 109 cm³/mol. The second-order valence-corrected chi connectivity index (χ2v) is 8.54. The van der Waals surface area contributed by atoms with Gasteiger partial charge in [-0.05, 0) is 50.1 Å². The standard InChI is InChI=1S/C19H19FN4OS2/c1-11-7-6-10-15(12(11)2)22-18-23-24-19(27-18)26-13(3)17(25)21-16-9-5-4-8-14(16)20/h4-10,13H,1-3H3,(H,21,25)(H,22,23)/t13-/m1/s1. The Hall–Kier alpha value is -2.45. The monoisotopic (exact) mass is 402 g/mol. The van der Waals surface area contributed by atoms with Gasteiger partial charge in [0.05, 0.1) is 10.9 Å². The Morgan fingerprint density at radius 1 is 1.11 bits per heavy atom. The van der Waals surface area contributed by atoms with Gasteiger partial charge in [-0.15, -0.1) is 10.2 Å². The highest BCUT2D eigenvalue weighted by Crippen LogP contribution is 2.32. The summed E-state index contributed by atoms with van der Waals surface area (Å²) in [6.45, 7) is 5.85. The van der Waals surface area contributed by atoms with Crippen molar-refractivity contribution in [3.05, 3.63) is 59.4 Å². The first-order valence-electron chi connectivity index (χ1n) is 8.33. The summed E-state index contributed by atoms with van der Waals surface area (Å²) in [4.78, 5) is 12.3. The molecular formula is C19H19FN4OS2. The number of anilines is 3. The van der Waals surface area contributed by atoms with E-state index in [1.807, 2.05) is 19.1 Å². The first-order chi connectivity index (χ1) is 12.9. The van der Waals surface area contributed by atoms with Crippen LogP contribution in [0.15, 0.2) is 46.8 Å². The van der Waals surface area contributed by atoms with E-state index in [1.165, 1.54) is 40.8 Å². The summed E-state index contributed by atoms with van der Waals surface area (Å²) in [5.41, 5.74) is 3.50. The zero-order valence-electron chi connectivity index (χ0n) is 15.1. The van der Waals surface area contributed by atoms with Crippen LogP contribution in [0.4, 0.5) is 20.9 Å². The van der Waals surface area contributed by atoms with Crippen LogP contribution in [0.25, 0.3) is 0 Å². The Bertz CT molecular complexity index is 960. The third-order valence-corrected chi connectivity index (χ3v) is 6.05. The zero-order chi connectivity index (χ0) is 19.4. The Kier molecular flexibility index (Phi) is 6.08. The van der Waals surface area contributed by atoms with Crippen molar-refractivity contribution in [2.45, 2.75) is 30.4 Å². The summed E-state index contributed by atoms with van der Waals surface area (Å²) in [5, 5.41) is 14.3. The van der Waals surface area contributed by atoms with E-state index >= 15 is 0 Å². The van der Waals surface area contributed by atoms with Gasteiger partial charge in [0.2, 0.25) is 11.0 Å². The van der Waals surface area contributed by atoms with Gasteiger partial charge in [-0.25, -0.2) is 4.39 Å². The molecule has 1 heterocycles. The molecule has 2 aromatic carbocycles. The minimum atomic E-state index is -0.459. The molecule has 0 aliphatic rings. The summed E-state index contributed by atoms with van der Waals surface area (Å²) in [6.07, 6.45) is 0. The Balaban J connectivity index is 1.62. The van der Waals surface area contributed by atoms with E-state index in [-0.39, 0.29) is 11.6 Å². The minimum absolute atomic E-state index is 0.171. The highest BCUT2D eigenvalue weighted by Gasteiger charge is 2.18. The van der Waals surface area contributed by atoms with Gasteiger partial charge in [0.1, 0.15) is 5.82 Å². The van der Waals surface area contributed by atoms with Gasteiger partial charge in [-0.1, -0.05) is 47.4 Å². The van der Waals surface area contributed by atoms with Crippen molar-refractivity contribution in [3.8, 4) is 0 Å². The average Bonchev–Trinajstić information content (AvgIpc) is 3.08. The summed E-state index contributed by atoms with van der Waals surface area (Å²) in [5.74, 6) is -0.747. The van der Waals surface area contributed by atoms with E-state index in [2.05, 4.69) is 33.8 Å². The second kappa shape index (κ2) is 8.49. The molecule has 0 aliphatic heterocycles. The van der Waals surface area contributed by atoms with Crippen LogP contribution >= 0.6 is 23.1 Å². The molecule has 5 nitrogen and oxygen atoms in total. The van der Waals surface area contributed by atoms with E-state index in [1.54, 1.807) is 19.1 Å². The van der Waals surface area contributed by atoms with Crippen LogP contribution in [-0.4, -0.2) is 21.4 Å². The smallest absolute Gasteiger partial charge is 0.237 e. The summed E-state index contributed by atoms with van der Waals surface area (Å²) in [6, 6.07) is 12.1. The van der Waals surface area contributed by atoms with Gasteiger partial charge in [-0.2, -0.15) is 0 Å². The quantitative estimate of drug-likeness (QED) is 0.558. The molecule has 2 N–H and O–H groups in total. The molecule has 0 bridgehead atoms. The fourth-order valence-electron chi connectivity index (χ4n) is 2.31. The number of hydrogen-bond acceptors (Lipinski definition) is 6. The van der Waals surface area contributed by atoms with Crippen LogP contribution < -0.4 is 10.6 Å². The summed E-state index contributed by atoms with van der Waals surface area (Å²) < 4.78 is 14.3. The number of amides is 1. The topological polar surface area (TPSA) is 66.9 Å². The number of aromatic nitrogens is 2. The average molecular weight is 403 g/mol. The van der Waals surface area contributed by atoms with Crippen molar-refractivity contribution in [2.24, 2.45) is 0 Å². The van der Waals surface area contributed by atoms with E-state index in [0.29, 0.717) is 9.47 Å². The van der Waals surface area contributed by atoms with Gasteiger partial charge in [-0.3, -0.25) is 4.79 Å². The number of carbonyl (C=O) groups excluding carboxylic acids is 1. The van der Waals surface area contributed by atoms with Crippen molar-refractivity contribution in [3.63, 3.8) is 0 Å². The molecular weight excluding hydrogens is 383 g/mol. The number of aryl methyl sites for hydroxylation is 1. The lowest BCUT2D eigenvalue weighted by Gasteiger charge is -2.10. The number of halogens is 1. The van der Waals surface area contributed by atoms with Gasteiger partial charge >= 0.3 is 0 Å². The largest absolute Gasteiger partial charge is 0.330 e. The van der Waals surface area contributed by atoms with Crippen LogP contribution in [0.1, 0.15) is 18.1 Å². The van der Waals surface area contributed by atoms with Crippen molar-refractivity contribution in [1.29, 1.82) is 0 Å². The number of rotatable bonds is 6. The van der Waals surface area contributed by atoms with Gasteiger partial charge in [0.15, 0.2) is 4.34 Å². The van der Waals surface area contributed by atoms with Crippen molar-refractivity contribution in [2.75, 3.05) is 10.6 Å². The van der Waals surface area contributed by atoms with Crippen molar-refractivity contribution < 1.29 is 9.18 Å². The molecule has 0 saturated carbocycles. The first-order valence-corrected chi connectivity index (χ1v) is 10.0. The molecule has 8 heteroatoms. The predicted octanol–water partition coefficient (Wildman–Crippen LogP) is 5.16. The van der Waals surface area contributed by atoms with Crippen LogP contribution in [-0.2, 0) is 4.79 Å². The maximum absolute atomic E-state index is 13.7. The first kappa shape index (κ1) is 19.3. The van der Waals surface area contributed by atoms with Gasteiger partial charge in [0.25, 0.3) is 0 Å². The highest BCUT2D eigenvalue weighted by atomic mass is 32.2. The Morgan fingerprint density at radius 3 is 2.63 bits per heavy atom. The molecule has 1 aromatic heterocycles. The van der Waals surface area contributed by atoms with E-state index < -0.39 is 11.1 Å². The van der Waals surface area contributed by atoms with Crippen LogP contribution in [0.5, 0.6) is 0 Å². The summed E-state index contributed by atoms with van der Waals surface area (Å²) in [7, 11) is 0. The molecule has 1 amide bonds. The van der Waals surface area contributed by atoms with Crippen LogP contribution in [0.2, 0.25) is 0 Å². The molecule has 1 atom stereocenters. The number of hydrogen-bond donors (Lipinski definition) is 2. The minimum Gasteiger partial charge on any atom is -0.330 e. The number of carbonyl (C=O) groups is 1. The van der Waals surface area contributed by atoms with Gasteiger partial charge < -0.3 is 10.6 Å². The maximum Gasteiger partial charge on any atom is 0.237 e. The van der Waals surface area contributed by atoms with Crippen LogP contribution in [0.3, 0.4) is 0 Å². The molecule has 0 saturated heterocycles. The summed E-state index contributed by atoms with van der Waals surface area (Å²) >= 11 is 2.66. The SMILES string of the molecule is Cc1cccc(Nc2nnc(S[C@H](C)C(=O)Nc3ccccc3F)s2)c1C. The van der Waals surface area contributed by atoms with Crippen LogP contribution in [0, 0.1) is 19.7 Å². The molecule has 0 unspecified atom stereocenters. The van der Waals surface area contributed by atoms with Crippen molar-refractivity contribution >= 4 is 45.5 Å². The molecule has 0 spiro atoms. The molecule has 3 aromatic rings. The van der Waals surface area contributed by atoms with E-state index in [0.717, 1.165) is 11.3 Å². The number of benzene rings is 2. The molecule has 0 fully saturated rings. The normalized spacial score (nSPS) is 11.9. The number of para-hydroxylation sites is 1. The second-order valence-electron chi connectivity index (χ2n) is 5.97. The van der Waals surface area contributed by atoms with E-state index in [4.69, 9.17) is 0 Å². The Labute approximate surface area is 165 Å². The Morgan fingerprint density at radius 2 is 1.85 bits per heavy atom. The molecule has 3 rings (SSSR count). The third-order valence-electron chi connectivity index (χ3n) is 4.03. The lowest BCUT2D eigenvalue weighted by atomic mass is 10.1. The molecule has 0 radical (unpaired) electrons. The number of nitrogens with zero attached hydrogens (tertiary/aromatic N) is 2. The molecule has 0 aliphatic carbocycles. The highest BCUT2D eigenvalue weighted by molar-refractivity contribution is 8.02. The number of nitrogens with one attached hydrogen (secondary N) is 2. The molecule has 140 valence electrons. The van der Waals surface area contributed by atoms with Gasteiger partial charge in [0, 0.05) is 5.69 Å². The maximum atomic E-state index is 13.7. The fraction of sp³-hybridized carbons (Fsp3) is 0.211. The number of thioether (sulfide) groups is 1. The lowest BCUT2D eigenvalue weighted by molar-refractivity contribution is -0.115. The zero-order valence-corrected chi connectivity index (χ0v) is 16.7. The molecule has 27 heavy (non-hydrogen) atoms. The third kappa shape index (κ3) is 4.84. The fourth-order valence-corrected chi connectivity index (χ4v) is 4.22. The van der Waals surface area contributed by atoms with Crippen molar-refractivity contribution in [1.82, 2.24) is 10.2 Å². The lowest BCUT2D eigenvalue weighted by Crippen LogP contribution is -2.22. The van der Waals surface area contributed by atoms with E-state index in [9.17, 15) is 9.18 Å².